The first kappa shape index (κ1) is 18.6. The summed E-state index contributed by atoms with van der Waals surface area (Å²) in [6.07, 6.45) is -7.91. The molecule has 3 rings (SSSR count). The van der Waals surface area contributed by atoms with Crippen LogP contribution in [0.2, 0.25) is 0 Å². The van der Waals surface area contributed by atoms with Gasteiger partial charge < -0.3 is 5.11 Å². The lowest BCUT2D eigenvalue weighted by Crippen LogP contribution is -2.21. The summed E-state index contributed by atoms with van der Waals surface area (Å²) in [7, 11) is 0. The number of para-hydroxylation sites is 1. The second-order valence-electron chi connectivity index (χ2n) is 6.07. The molecule has 0 bridgehead atoms. The Morgan fingerprint density at radius 3 is 2.38 bits per heavy atom. The number of pyridine rings is 1. The van der Waals surface area contributed by atoms with Crippen LogP contribution in [0, 0.1) is 0 Å². The summed E-state index contributed by atoms with van der Waals surface area (Å²) in [4.78, 5) is 7.28. The molecule has 2 heterocycles. The van der Waals surface area contributed by atoms with Gasteiger partial charge in [-0.05, 0) is 43.2 Å². The molecule has 0 saturated carbocycles. The van der Waals surface area contributed by atoms with Gasteiger partial charge in [0, 0.05) is 5.39 Å². The summed E-state index contributed by atoms with van der Waals surface area (Å²) in [5.74, 6) is 0. The standard InChI is InChI=1S/C17H14F6N2O/c18-16(19,20)11-5-3-4-9-10(15(26)12-6-1-2-7-24-12)8-13(17(21,22)23)25-14(9)11/h3-5,7-8,12,15,26H,1-2,6H2/t12-,15+/m0/s1. The van der Waals surface area contributed by atoms with Gasteiger partial charge in [0.25, 0.3) is 0 Å². The van der Waals surface area contributed by atoms with Crippen LogP contribution in [0.5, 0.6) is 0 Å². The minimum Gasteiger partial charge on any atom is -0.386 e. The summed E-state index contributed by atoms with van der Waals surface area (Å²) in [6.45, 7) is 0. The molecule has 2 aromatic rings. The molecule has 0 aliphatic carbocycles. The fourth-order valence-electron chi connectivity index (χ4n) is 3.04. The maximum Gasteiger partial charge on any atom is 0.433 e. The third-order valence-electron chi connectivity index (χ3n) is 4.28. The number of hydrogen-bond donors (Lipinski definition) is 1. The average molecular weight is 376 g/mol. The molecule has 0 radical (unpaired) electrons. The predicted molar refractivity (Wildman–Crippen MR) is 82.8 cm³/mol. The molecule has 1 aromatic carbocycles. The number of hydrogen-bond acceptors (Lipinski definition) is 3. The largest absolute Gasteiger partial charge is 0.433 e. The Morgan fingerprint density at radius 2 is 1.81 bits per heavy atom. The third-order valence-corrected chi connectivity index (χ3v) is 4.28. The zero-order valence-electron chi connectivity index (χ0n) is 13.3. The quantitative estimate of drug-likeness (QED) is 0.756. The number of alkyl halides is 6. The Hall–Kier alpha value is -2.16. The molecule has 2 atom stereocenters. The highest BCUT2D eigenvalue weighted by molar-refractivity contribution is 5.86. The predicted octanol–water partition coefficient (Wildman–Crippen LogP) is 4.93. The summed E-state index contributed by atoms with van der Waals surface area (Å²) < 4.78 is 79.2. The average Bonchev–Trinajstić information content (AvgIpc) is 2.58. The molecule has 1 N–H and O–H groups in total. The highest BCUT2D eigenvalue weighted by Gasteiger charge is 2.38. The summed E-state index contributed by atoms with van der Waals surface area (Å²) in [5.41, 5.74) is -3.83. The molecule has 1 aliphatic heterocycles. The first-order valence-corrected chi connectivity index (χ1v) is 7.87. The van der Waals surface area contributed by atoms with Crippen molar-refractivity contribution in [2.75, 3.05) is 0 Å². The van der Waals surface area contributed by atoms with Crippen LogP contribution in [-0.4, -0.2) is 22.3 Å². The number of aliphatic hydroxyl groups is 1. The van der Waals surface area contributed by atoms with Crippen molar-refractivity contribution in [1.29, 1.82) is 0 Å². The molecule has 1 aromatic heterocycles. The second kappa shape index (κ2) is 6.53. The van der Waals surface area contributed by atoms with E-state index in [1.54, 1.807) is 6.21 Å². The van der Waals surface area contributed by atoms with Crippen LogP contribution in [-0.2, 0) is 12.4 Å². The fourth-order valence-corrected chi connectivity index (χ4v) is 3.04. The number of aliphatic imine (C=N–C) groups is 1. The van der Waals surface area contributed by atoms with Crippen molar-refractivity contribution in [3.8, 4) is 0 Å². The van der Waals surface area contributed by atoms with Gasteiger partial charge in [0.15, 0.2) is 0 Å². The first-order chi connectivity index (χ1) is 12.1. The van der Waals surface area contributed by atoms with Crippen molar-refractivity contribution >= 4 is 17.1 Å². The number of nitrogens with zero attached hydrogens (tertiary/aromatic N) is 2. The van der Waals surface area contributed by atoms with E-state index in [1.807, 2.05) is 0 Å². The van der Waals surface area contributed by atoms with Gasteiger partial charge in [-0.25, -0.2) is 4.98 Å². The van der Waals surface area contributed by atoms with E-state index in [9.17, 15) is 31.4 Å². The monoisotopic (exact) mass is 376 g/mol. The number of fused-ring (bicyclic) bond motifs is 1. The highest BCUT2D eigenvalue weighted by atomic mass is 19.4. The number of rotatable bonds is 2. The number of aromatic nitrogens is 1. The van der Waals surface area contributed by atoms with E-state index in [2.05, 4.69) is 9.98 Å². The van der Waals surface area contributed by atoms with Crippen LogP contribution < -0.4 is 0 Å². The number of aliphatic hydroxyl groups excluding tert-OH is 1. The Bertz CT molecular complexity index is 843. The maximum absolute atomic E-state index is 13.2. The normalized spacial score (nSPS) is 19.7. The van der Waals surface area contributed by atoms with E-state index in [4.69, 9.17) is 0 Å². The van der Waals surface area contributed by atoms with E-state index in [0.717, 1.165) is 6.07 Å². The first-order valence-electron chi connectivity index (χ1n) is 7.87. The van der Waals surface area contributed by atoms with E-state index < -0.39 is 41.3 Å². The zero-order valence-corrected chi connectivity index (χ0v) is 13.3. The lowest BCUT2D eigenvalue weighted by Gasteiger charge is -2.24. The molecular weight excluding hydrogens is 362 g/mol. The Kier molecular flexibility index (Phi) is 4.68. The topological polar surface area (TPSA) is 45.5 Å². The summed E-state index contributed by atoms with van der Waals surface area (Å²) >= 11 is 0. The molecule has 3 nitrogen and oxygen atoms in total. The molecule has 0 saturated heterocycles. The third kappa shape index (κ3) is 3.53. The van der Waals surface area contributed by atoms with Crippen molar-refractivity contribution in [3.05, 3.63) is 41.1 Å². The zero-order chi connectivity index (χ0) is 19.1. The molecule has 0 amide bonds. The highest BCUT2D eigenvalue weighted by Crippen LogP contribution is 2.40. The van der Waals surface area contributed by atoms with Gasteiger partial charge >= 0.3 is 12.4 Å². The maximum atomic E-state index is 13.2. The fraction of sp³-hybridized carbons (Fsp3) is 0.412. The van der Waals surface area contributed by atoms with Crippen LogP contribution in [0.3, 0.4) is 0 Å². The van der Waals surface area contributed by atoms with Gasteiger partial charge in [-0.2, -0.15) is 26.3 Å². The van der Waals surface area contributed by atoms with E-state index in [1.165, 1.54) is 6.07 Å². The van der Waals surface area contributed by atoms with Crippen LogP contribution in [0.15, 0.2) is 29.3 Å². The second-order valence-corrected chi connectivity index (χ2v) is 6.07. The number of benzene rings is 1. The lowest BCUT2D eigenvalue weighted by molar-refractivity contribution is -0.142. The van der Waals surface area contributed by atoms with Crippen LogP contribution in [0.4, 0.5) is 26.3 Å². The minimum absolute atomic E-state index is 0.166. The van der Waals surface area contributed by atoms with Crippen LogP contribution in [0.1, 0.15) is 42.2 Å². The Labute approximate surface area is 144 Å². The molecular formula is C17H14F6N2O. The van der Waals surface area contributed by atoms with Gasteiger partial charge in [-0.15, -0.1) is 0 Å². The van der Waals surface area contributed by atoms with Crippen LogP contribution >= 0.6 is 0 Å². The summed E-state index contributed by atoms with van der Waals surface area (Å²) in [5, 5.41) is 10.4. The smallest absolute Gasteiger partial charge is 0.386 e. The Balaban J connectivity index is 2.27. The molecule has 1 aliphatic rings. The summed E-state index contributed by atoms with van der Waals surface area (Å²) in [6, 6.07) is 2.88. The molecule has 9 heteroatoms. The van der Waals surface area contributed by atoms with Crippen molar-refractivity contribution in [1.82, 2.24) is 4.98 Å². The minimum atomic E-state index is -4.95. The van der Waals surface area contributed by atoms with Gasteiger partial charge in [-0.3, -0.25) is 4.99 Å². The Morgan fingerprint density at radius 1 is 1.08 bits per heavy atom. The molecule has 0 fully saturated rings. The lowest BCUT2D eigenvalue weighted by atomic mass is 9.92. The van der Waals surface area contributed by atoms with Gasteiger partial charge in [0.05, 0.1) is 17.1 Å². The van der Waals surface area contributed by atoms with E-state index >= 15 is 0 Å². The molecule has 0 spiro atoms. The van der Waals surface area contributed by atoms with E-state index in [-0.39, 0.29) is 10.9 Å². The molecule has 26 heavy (non-hydrogen) atoms. The van der Waals surface area contributed by atoms with Gasteiger partial charge in [0.1, 0.15) is 11.8 Å². The van der Waals surface area contributed by atoms with E-state index in [0.29, 0.717) is 31.4 Å². The van der Waals surface area contributed by atoms with Gasteiger partial charge in [0.2, 0.25) is 0 Å². The van der Waals surface area contributed by atoms with Crippen molar-refractivity contribution in [2.24, 2.45) is 4.99 Å². The van der Waals surface area contributed by atoms with Gasteiger partial charge in [-0.1, -0.05) is 12.1 Å². The number of halogens is 6. The van der Waals surface area contributed by atoms with Crippen LogP contribution in [0.25, 0.3) is 10.9 Å². The molecule has 140 valence electrons. The van der Waals surface area contributed by atoms with Crippen molar-refractivity contribution in [2.45, 2.75) is 43.8 Å². The molecule has 0 unspecified atom stereocenters. The van der Waals surface area contributed by atoms with Crippen molar-refractivity contribution < 1.29 is 31.4 Å². The SMILES string of the molecule is O[C@H](c1cc(C(F)(F)F)nc2c(C(F)(F)F)cccc12)[C@@H]1CCCC=N1. The van der Waals surface area contributed by atoms with Crippen molar-refractivity contribution in [3.63, 3.8) is 0 Å².